The van der Waals surface area contributed by atoms with Gasteiger partial charge in [0, 0.05) is 0 Å². The summed E-state index contributed by atoms with van der Waals surface area (Å²) in [6.45, 7) is 2.28. The van der Waals surface area contributed by atoms with Gasteiger partial charge in [-0.25, -0.2) is 0 Å². The number of rotatable bonds is 15. The molecule has 1 amide bonds. The molecule has 1 aliphatic heterocycles. The fourth-order valence-corrected chi connectivity index (χ4v) is 2.88. The van der Waals surface area contributed by atoms with Crippen molar-refractivity contribution >= 4 is 5.91 Å². The van der Waals surface area contributed by atoms with Gasteiger partial charge in [0.05, 0.1) is 0 Å². The first-order chi connectivity index (χ1) is 9.84. The van der Waals surface area contributed by atoms with Crippen LogP contribution in [-0.2, 0) is 4.79 Å². The molecule has 0 spiro atoms. The van der Waals surface area contributed by atoms with Gasteiger partial charge in [0.25, 0.3) is 0 Å². The van der Waals surface area contributed by atoms with Crippen molar-refractivity contribution in [3.63, 3.8) is 0 Å². The summed E-state index contributed by atoms with van der Waals surface area (Å²) < 4.78 is 0. The van der Waals surface area contributed by atoms with Gasteiger partial charge in [-0.2, -0.15) is 0 Å². The molecule has 1 unspecified atom stereocenters. The minimum absolute atomic E-state index is 0.229. The molecule has 0 aromatic rings. The monoisotopic (exact) mass is 281 g/mol. The number of carbonyl (C=O) groups is 1. The van der Waals surface area contributed by atoms with Gasteiger partial charge in [-0.05, 0) is 6.42 Å². The summed E-state index contributed by atoms with van der Waals surface area (Å²) in [4.78, 5) is 10.7. The molecule has 0 saturated carbocycles. The van der Waals surface area contributed by atoms with Crippen LogP contribution < -0.4 is 5.32 Å². The molecule has 0 bridgehead atoms. The van der Waals surface area contributed by atoms with E-state index in [1.54, 1.807) is 0 Å². The van der Waals surface area contributed by atoms with Crippen molar-refractivity contribution in [3.8, 4) is 0 Å². The second-order valence-electron chi connectivity index (χ2n) is 6.45. The van der Waals surface area contributed by atoms with Crippen LogP contribution in [0.25, 0.3) is 0 Å². The molecular formula is C18H35NO. The molecule has 1 saturated heterocycles. The molecular weight excluding hydrogens is 246 g/mol. The Kier molecular flexibility index (Phi) is 10.7. The van der Waals surface area contributed by atoms with Crippen molar-refractivity contribution in [1.29, 1.82) is 0 Å². The van der Waals surface area contributed by atoms with E-state index in [0.717, 1.165) is 6.42 Å². The minimum Gasteiger partial charge on any atom is -0.343 e. The molecule has 20 heavy (non-hydrogen) atoms. The topological polar surface area (TPSA) is 39.0 Å². The van der Waals surface area contributed by atoms with E-state index in [1.165, 1.54) is 89.9 Å². The summed E-state index contributed by atoms with van der Waals surface area (Å²) in [6, 6.07) is 0.229. The van der Waals surface area contributed by atoms with Crippen LogP contribution in [0.4, 0.5) is 0 Å². The predicted octanol–water partition coefficient (Wildman–Crippen LogP) is 5.36. The predicted molar refractivity (Wildman–Crippen MR) is 86.9 cm³/mol. The van der Waals surface area contributed by atoms with Gasteiger partial charge in [0.2, 0.25) is 5.91 Å². The maximum Gasteiger partial charge on any atom is 0.243 e. The van der Waals surface area contributed by atoms with E-state index in [1.807, 2.05) is 0 Å². The Bertz CT molecular complexity index is 240. The molecule has 0 aromatic carbocycles. The fourth-order valence-electron chi connectivity index (χ4n) is 2.88. The number of carbonyl (C=O) groups excluding carboxylic acids is 1. The van der Waals surface area contributed by atoms with Gasteiger partial charge < -0.3 is 5.32 Å². The van der Waals surface area contributed by atoms with E-state index in [-0.39, 0.29) is 11.9 Å². The molecule has 1 N–H and O–H groups in total. The molecule has 1 rings (SSSR count). The van der Waals surface area contributed by atoms with Crippen molar-refractivity contribution in [2.45, 2.75) is 109 Å². The first-order valence-corrected chi connectivity index (χ1v) is 9.15. The Labute approximate surface area is 126 Å². The molecule has 1 heterocycles. The Balaban J connectivity index is 1.63. The lowest BCUT2D eigenvalue weighted by atomic mass is 10.0. The zero-order valence-electron chi connectivity index (χ0n) is 13.6. The van der Waals surface area contributed by atoms with Gasteiger partial charge >= 0.3 is 0 Å². The number of nitrogens with one attached hydrogen (secondary N) is 1. The number of hydrogen-bond acceptors (Lipinski definition) is 1. The quantitative estimate of drug-likeness (QED) is 0.319. The van der Waals surface area contributed by atoms with Gasteiger partial charge in [0.15, 0.2) is 0 Å². The highest BCUT2D eigenvalue weighted by Crippen LogP contribution is 2.15. The lowest BCUT2D eigenvalue weighted by Crippen LogP contribution is -1.90. The number of unbranched alkanes of at least 4 members (excludes halogenated alkanes) is 13. The second-order valence-corrected chi connectivity index (χ2v) is 6.45. The maximum absolute atomic E-state index is 10.7. The van der Waals surface area contributed by atoms with Crippen LogP contribution in [0.1, 0.15) is 103 Å². The van der Waals surface area contributed by atoms with Crippen LogP contribution in [0.15, 0.2) is 0 Å². The van der Waals surface area contributed by atoms with Crippen molar-refractivity contribution in [1.82, 2.24) is 5.32 Å². The summed E-state index contributed by atoms with van der Waals surface area (Å²) in [5.41, 5.74) is 0. The third-order valence-corrected chi connectivity index (χ3v) is 4.40. The molecule has 1 fully saturated rings. The Morgan fingerprint density at radius 2 is 1.05 bits per heavy atom. The molecule has 0 aromatic heterocycles. The van der Waals surface area contributed by atoms with Gasteiger partial charge in [-0.3, -0.25) is 4.79 Å². The van der Waals surface area contributed by atoms with Gasteiger partial charge in [-0.15, -0.1) is 0 Å². The van der Waals surface area contributed by atoms with E-state index in [0.29, 0.717) is 0 Å². The number of amides is 1. The van der Waals surface area contributed by atoms with E-state index in [4.69, 9.17) is 0 Å². The van der Waals surface area contributed by atoms with Crippen molar-refractivity contribution < 1.29 is 4.79 Å². The number of hydrogen-bond donors (Lipinski definition) is 1. The van der Waals surface area contributed by atoms with E-state index in [9.17, 15) is 4.79 Å². The minimum atomic E-state index is 0.229. The van der Waals surface area contributed by atoms with Gasteiger partial charge in [0.1, 0.15) is 6.04 Å². The Morgan fingerprint density at radius 3 is 1.40 bits per heavy atom. The third-order valence-electron chi connectivity index (χ3n) is 4.40. The highest BCUT2D eigenvalue weighted by Gasteiger charge is 2.31. The van der Waals surface area contributed by atoms with E-state index in [2.05, 4.69) is 12.2 Å². The highest BCUT2D eigenvalue weighted by molar-refractivity contribution is 5.96. The van der Waals surface area contributed by atoms with Crippen molar-refractivity contribution in [2.75, 3.05) is 0 Å². The Morgan fingerprint density at radius 1 is 0.700 bits per heavy atom. The molecule has 2 heteroatoms. The van der Waals surface area contributed by atoms with Crippen LogP contribution in [0.3, 0.4) is 0 Å². The molecule has 0 aliphatic carbocycles. The Hall–Kier alpha value is -0.530. The standard InChI is InChI=1S/C18H35NO/c1-2-3-4-5-6-7-8-9-10-11-12-13-14-15-16-17-18(20)19-17/h17H,2-16H2,1H3,(H,19,20). The zero-order chi connectivity index (χ0) is 14.5. The summed E-state index contributed by atoms with van der Waals surface area (Å²) in [7, 11) is 0. The third kappa shape index (κ3) is 10.3. The molecule has 1 atom stereocenters. The SMILES string of the molecule is CCCCCCCCCCCCCCCCC1NC1=O. The second kappa shape index (κ2) is 12.2. The summed E-state index contributed by atoms with van der Waals surface area (Å²) >= 11 is 0. The normalized spacial score (nSPS) is 17.2. The van der Waals surface area contributed by atoms with Crippen LogP contribution in [0.5, 0.6) is 0 Å². The molecule has 118 valence electrons. The highest BCUT2D eigenvalue weighted by atomic mass is 16.2. The first kappa shape index (κ1) is 17.5. The van der Waals surface area contributed by atoms with Crippen LogP contribution in [0, 0.1) is 0 Å². The van der Waals surface area contributed by atoms with E-state index < -0.39 is 0 Å². The van der Waals surface area contributed by atoms with Crippen molar-refractivity contribution in [2.24, 2.45) is 0 Å². The maximum atomic E-state index is 10.7. The van der Waals surface area contributed by atoms with Crippen molar-refractivity contribution in [3.05, 3.63) is 0 Å². The average molecular weight is 281 g/mol. The summed E-state index contributed by atoms with van der Waals surface area (Å²) in [5.74, 6) is 0.264. The van der Waals surface area contributed by atoms with Crippen LogP contribution in [0.2, 0.25) is 0 Å². The van der Waals surface area contributed by atoms with E-state index >= 15 is 0 Å². The zero-order valence-corrected chi connectivity index (χ0v) is 13.6. The molecule has 1 aliphatic rings. The van der Waals surface area contributed by atoms with Gasteiger partial charge in [-0.1, -0.05) is 96.8 Å². The largest absolute Gasteiger partial charge is 0.343 e. The lowest BCUT2D eigenvalue weighted by molar-refractivity contribution is -0.111. The molecule has 2 nitrogen and oxygen atoms in total. The van der Waals surface area contributed by atoms with Crippen LogP contribution in [-0.4, -0.2) is 11.9 Å². The summed E-state index contributed by atoms with van der Waals surface area (Å²) in [6.07, 6.45) is 20.6. The first-order valence-electron chi connectivity index (χ1n) is 9.15. The average Bonchev–Trinajstić information content (AvgIpc) is 3.15. The summed E-state index contributed by atoms with van der Waals surface area (Å²) in [5, 5.41) is 2.84. The lowest BCUT2D eigenvalue weighted by Gasteiger charge is -2.02. The fraction of sp³-hybridized carbons (Fsp3) is 0.944. The smallest absolute Gasteiger partial charge is 0.243 e. The molecule has 0 radical (unpaired) electrons. The van der Waals surface area contributed by atoms with Crippen LogP contribution >= 0.6 is 0 Å².